The second kappa shape index (κ2) is 9.03. The summed E-state index contributed by atoms with van der Waals surface area (Å²) in [6, 6.07) is 18.8. The SMILES string of the molecule is O=C1[C@@H]2[C@@H](C(=O)N1c1ccc3nc(-c4ccc(-c5nc6ccc(N7C(=O)[C@@H]8[C@H](C7=O)[C@H]7C=C[C@H]8C7)cc6[nH]5)cc4)[nH]c3c1)[C@H]1C=C[C@@H]2C1. The summed E-state index contributed by atoms with van der Waals surface area (Å²) in [6.45, 7) is 0. The lowest BCUT2D eigenvalue weighted by Gasteiger charge is -2.17. The number of carbonyl (C=O) groups excluding carboxylic acids is 4. The number of nitrogens with one attached hydrogen (secondary N) is 2. The highest BCUT2D eigenvalue weighted by atomic mass is 16.2. The van der Waals surface area contributed by atoms with Gasteiger partial charge in [0.2, 0.25) is 23.6 Å². The Hall–Kier alpha value is -5.64. The number of aromatic nitrogens is 4. The van der Waals surface area contributed by atoms with Crippen LogP contribution in [0.1, 0.15) is 12.8 Å². The maximum atomic E-state index is 13.3. The first-order chi connectivity index (χ1) is 23.4. The molecule has 6 aliphatic rings. The minimum Gasteiger partial charge on any atom is -0.338 e. The van der Waals surface area contributed by atoms with Crippen LogP contribution < -0.4 is 9.80 Å². The number of hydrogen-bond donors (Lipinski definition) is 2. The van der Waals surface area contributed by atoms with Crippen LogP contribution in [0.25, 0.3) is 44.8 Å². The van der Waals surface area contributed by atoms with E-state index in [0.717, 1.165) is 46.0 Å². The number of benzene rings is 3. The zero-order chi connectivity index (χ0) is 32.0. The number of carbonyl (C=O) groups is 4. The number of amides is 4. The summed E-state index contributed by atoms with van der Waals surface area (Å²) in [6.07, 6.45) is 10.2. The van der Waals surface area contributed by atoms with Gasteiger partial charge in [0.1, 0.15) is 11.6 Å². The predicted octanol–water partition coefficient (Wildman–Crippen LogP) is 5.40. The van der Waals surface area contributed by atoms with Crippen molar-refractivity contribution >= 4 is 57.1 Å². The Morgan fingerprint density at radius 3 is 1.21 bits per heavy atom. The number of H-pyrrole nitrogens is 2. The molecule has 8 atom stereocenters. The second-order valence-electron chi connectivity index (χ2n) is 14.2. The van der Waals surface area contributed by atoms with Gasteiger partial charge in [0.05, 0.1) is 57.1 Å². The van der Waals surface area contributed by atoms with E-state index < -0.39 is 0 Å². The fourth-order valence-corrected chi connectivity index (χ4v) is 9.65. The van der Waals surface area contributed by atoms with Gasteiger partial charge in [-0.05, 0) is 72.9 Å². The summed E-state index contributed by atoms with van der Waals surface area (Å²) in [5.41, 5.74) is 5.90. The van der Waals surface area contributed by atoms with E-state index in [1.165, 1.54) is 9.80 Å². The van der Waals surface area contributed by atoms with E-state index in [1.807, 2.05) is 48.5 Å². The number of hydrogen-bond acceptors (Lipinski definition) is 6. The third kappa shape index (κ3) is 3.36. The number of fused-ring (bicyclic) bond motifs is 12. The van der Waals surface area contributed by atoms with Crippen molar-refractivity contribution < 1.29 is 19.2 Å². The third-order valence-electron chi connectivity index (χ3n) is 11.8. The van der Waals surface area contributed by atoms with Crippen LogP contribution in [0.4, 0.5) is 11.4 Å². The van der Waals surface area contributed by atoms with Crippen LogP contribution in [-0.4, -0.2) is 43.6 Å². The Balaban J connectivity index is 0.852. The fourth-order valence-electron chi connectivity index (χ4n) is 9.65. The van der Waals surface area contributed by atoms with Crippen LogP contribution in [0.5, 0.6) is 0 Å². The Morgan fingerprint density at radius 1 is 0.500 bits per heavy atom. The van der Waals surface area contributed by atoms with Gasteiger partial charge in [-0.25, -0.2) is 19.8 Å². The molecule has 10 heteroatoms. The van der Waals surface area contributed by atoms with Crippen molar-refractivity contribution in [1.82, 2.24) is 19.9 Å². The normalized spacial score (nSPS) is 31.1. The van der Waals surface area contributed by atoms with Crippen molar-refractivity contribution in [3.8, 4) is 22.8 Å². The average Bonchev–Trinajstić information content (AvgIpc) is 3.95. The molecule has 4 amide bonds. The second-order valence-corrected chi connectivity index (χ2v) is 14.2. The standard InChI is InChI=1S/C38H28N6O4/c45-35-29-19-5-6-20(13-19)30(29)36(46)43(35)23-9-11-25-27(15-23)41-33(39-25)17-1-2-18(4-3-17)34-40-26-12-10-24(16-28(26)42-34)44-37(47)31-21-7-8-22(14-21)32(31)38(44)48/h1-12,15-16,19-22,29-32H,13-14H2,(H,39,41)(H,40,42)/t19-,20-,21-,22+,29-,30+,31-,32-/m0/s1. The van der Waals surface area contributed by atoms with Crippen molar-refractivity contribution in [1.29, 1.82) is 0 Å². The first kappa shape index (κ1) is 26.4. The Bertz CT molecular complexity index is 2140. The maximum absolute atomic E-state index is 13.3. The lowest BCUT2D eigenvalue weighted by atomic mass is 9.85. The van der Waals surface area contributed by atoms with E-state index in [2.05, 4.69) is 34.3 Å². The molecule has 0 spiro atoms. The van der Waals surface area contributed by atoms with Gasteiger partial charge < -0.3 is 9.97 Å². The smallest absolute Gasteiger partial charge is 0.238 e. The first-order valence-corrected chi connectivity index (χ1v) is 16.6. The quantitative estimate of drug-likeness (QED) is 0.202. The summed E-state index contributed by atoms with van der Waals surface area (Å²) in [7, 11) is 0. The molecule has 2 aromatic heterocycles. The topological polar surface area (TPSA) is 132 Å². The molecular formula is C38H28N6O4. The highest BCUT2D eigenvalue weighted by Crippen LogP contribution is 2.54. The molecule has 4 bridgehead atoms. The third-order valence-corrected chi connectivity index (χ3v) is 11.8. The highest BCUT2D eigenvalue weighted by molar-refractivity contribution is 6.24. The zero-order valence-corrected chi connectivity index (χ0v) is 25.5. The van der Waals surface area contributed by atoms with Crippen molar-refractivity contribution in [2.45, 2.75) is 12.8 Å². The van der Waals surface area contributed by atoms with Crippen LogP contribution >= 0.6 is 0 Å². The average molecular weight is 633 g/mol. The van der Waals surface area contributed by atoms with E-state index in [-0.39, 0.29) is 71.0 Å². The number of imide groups is 2. The van der Waals surface area contributed by atoms with Crippen LogP contribution in [0, 0.1) is 47.3 Å². The predicted molar refractivity (Wildman–Crippen MR) is 177 cm³/mol. The molecule has 10 nitrogen and oxygen atoms in total. The van der Waals surface area contributed by atoms with E-state index in [1.54, 1.807) is 12.1 Å². The van der Waals surface area contributed by atoms with Gasteiger partial charge in [0, 0.05) is 11.1 Å². The van der Waals surface area contributed by atoms with Crippen molar-refractivity contribution in [2.24, 2.45) is 47.3 Å². The summed E-state index contributed by atoms with van der Waals surface area (Å²) >= 11 is 0. The zero-order valence-electron chi connectivity index (χ0n) is 25.5. The van der Waals surface area contributed by atoms with Gasteiger partial charge in [0.15, 0.2) is 0 Å². The minimum absolute atomic E-state index is 0.0945. The Morgan fingerprint density at radius 2 is 0.854 bits per heavy atom. The van der Waals surface area contributed by atoms with Crippen molar-refractivity contribution in [3.05, 3.63) is 85.0 Å². The van der Waals surface area contributed by atoms with E-state index in [4.69, 9.17) is 9.97 Å². The molecule has 4 heterocycles. The largest absolute Gasteiger partial charge is 0.338 e. The number of nitrogens with zero attached hydrogens (tertiary/aromatic N) is 4. The Kier molecular flexibility index (Phi) is 4.97. The van der Waals surface area contributed by atoms with Gasteiger partial charge in [0.25, 0.3) is 0 Å². The molecular weight excluding hydrogens is 604 g/mol. The van der Waals surface area contributed by atoms with Gasteiger partial charge in [-0.3, -0.25) is 19.2 Å². The van der Waals surface area contributed by atoms with Crippen LogP contribution in [-0.2, 0) is 19.2 Å². The van der Waals surface area contributed by atoms with Crippen molar-refractivity contribution in [3.63, 3.8) is 0 Å². The summed E-state index contributed by atoms with van der Waals surface area (Å²) < 4.78 is 0. The number of aromatic amines is 2. The lowest BCUT2D eigenvalue weighted by Crippen LogP contribution is -2.32. The van der Waals surface area contributed by atoms with Gasteiger partial charge in [-0.2, -0.15) is 0 Å². The number of allylic oxidation sites excluding steroid dienone is 4. The van der Waals surface area contributed by atoms with Crippen LogP contribution in [0.3, 0.4) is 0 Å². The van der Waals surface area contributed by atoms with E-state index >= 15 is 0 Å². The summed E-state index contributed by atoms with van der Waals surface area (Å²) in [4.78, 5) is 72.3. The molecule has 2 saturated carbocycles. The summed E-state index contributed by atoms with van der Waals surface area (Å²) in [5, 5.41) is 0. The molecule has 5 aromatic rings. The van der Waals surface area contributed by atoms with Crippen molar-refractivity contribution in [2.75, 3.05) is 9.80 Å². The molecule has 2 aliphatic heterocycles. The van der Waals surface area contributed by atoms with Gasteiger partial charge in [-0.1, -0.05) is 48.6 Å². The number of imidazole rings is 2. The summed E-state index contributed by atoms with van der Waals surface area (Å²) in [5.74, 6) is 0.702. The highest BCUT2D eigenvalue weighted by Gasteiger charge is 2.60. The Labute approximate surface area is 273 Å². The molecule has 0 radical (unpaired) electrons. The lowest BCUT2D eigenvalue weighted by molar-refractivity contribution is -0.124. The maximum Gasteiger partial charge on any atom is 0.238 e. The van der Waals surface area contributed by atoms with Gasteiger partial charge >= 0.3 is 0 Å². The van der Waals surface area contributed by atoms with Gasteiger partial charge in [-0.15, -0.1) is 0 Å². The minimum atomic E-state index is -0.237. The number of rotatable bonds is 4. The van der Waals surface area contributed by atoms with Crippen LogP contribution in [0.2, 0.25) is 0 Å². The van der Waals surface area contributed by atoms with E-state index in [0.29, 0.717) is 23.0 Å². The molecule has 234 valence electrons. The molecule has 4 fully saturated rings. The van der Waals surface area contributed by atoms with E-state index in [9.17, 15) is 19.2 Å². The first-order valence-electron chi connectivity index (χ1n) is 16.6. The number of anilines is 2. The molecule has 4 aliphatic carbocycles. The molecule has 2 N–H and O–H groups in total. The fraction of sp³-hybridized carbons (Fsp3) is 0.263. The van der Waals surface area contributed by atoms with Crippen LogP contribution in [0.15, 0.2) is 85.0 Å². The molecule has 48 heavy (non-hydrogen) atoms. The molecule has 2 saturated heterocycles. The molecule has 11 rings (SSSR count). The molecule has 0 unspecified atom stereocenters. The monoisotopic (exact) mass is 632 g/mol. The molecule has 3 aromatic carbocycles.